The summed E-state index contributed by atoms with van der Waals surface area (Å²) in [6.45, 7) is 6.67. The highest BCUT2D eigenvalue weighted by molar-refractivity contribution is 5.71. The molecule has 0 heterocycles. The molecule has 0 saturated carbocycles. The summed E-state index contributed by atoms with van der Waals surface area (Å²) in [5.74, 6) is -0.851. The molecular weight excluding hydrogens is 805 g/mol. The topological polar surface area (TPSA) is 78.9 Å². The minimum absolute atomic E-state index is 0.0669. The van der Waals surface area contributed by atoms with Crippen molar-refractivity contribution in [1.82, 2.24) is 0 Å². The fraction of sp³-hybridized carbons (Fsp3) is 0.881. The van der Waals surface area contributed by atoms with Crippen molar-refractivity contribution in [2.24, 2.45) is 0 Å². The quantitative estimate of drug-likeness (QED) is 0.0262. The summed E-state index contributed by atoms with van der Waals surface area (Å²) >= 11 is 0. The number of ether oxygens (including phenoxy) is 3. The molecule has 0 radical (unpaired) electrons. The summed E-state index contributed by atoms with van der Waals surface area (Å²) in [4.78, 5) is 38.1. The number of unbranched alkanes of at least 4 members (excludes halogenated alkanes) is 38. The number of allylic oxidation sites excluding steroid dienone is 4. The van der Waals surface area contributed by atoms with Gasteiger partial charge in [0.05, 0.1) is 0 Å². The Hall–Kier alpha value is -2.11. The van der Waals surface area contributed by atoms with Gasteiger partial charge in [-0.25, -0.2) is 0 Å². The first-order valence-electron chi connectivity index (χ1n) is 28.8. The van der Waals surface area contributed by atoms with E-state index in [1.54, 1.807) is 0 Å². The minimum atomic E-state index is -0.767. The van der Waals surface area contributed by atoms with Crippen molar-refractivity contribution >= 4 is 17.9 Å². The van der Waals surface area contributed by atoms with Gasteiger partial charge in [-0.1, -0.05) is 270 Å². The third-order valence-corrected chi connectivity index (χ3v) is 13.0. The number of esters is 3. The summed E-state index contributed by atoms with van der Waals surface area (Å²) in [7, 11) is 0. The van der Waals surface area contributed by atoms with E-state index in [0.29, 0.717) is 19.3 Å². The van der Waals surface area contributed by atoms with Crippen LogP contribution in [0.25, 0.3) is 0 Å². The Morgan fingerprint density at radius 2 is 0.554 bits per heavy atom. The molecule has 0 aliphatic heterocycles. The van der Waals surface area contributed by atoms with Crippen LogP contribution >= 0.6 is 0 Å². The molecule has 0 saturated heterocycles. The van der Waals surface area contributed by atoms with Crippen LogP contribution in [-0.4, -0.2) is 37.2 Å². The van der Waals surface area contributed by atoms with Crippen molar-refractivity contribution in [3.63, 3.8) is 0 Å². The molecule has 1 atom stereocenters. The average molecular weight is 916 g/mol. The Bertz CT molecular complexity index is 1050. The Morgan fingerprint density at radius 1 is 0.308 bits per heavy atom. The van der Waals surface area contributed by atoms with Gasteiger partial charge in [0.15, 0.2) is 6.10 Å². The van der Waals surface area contributed by atoms with Gasteiger partial charge in [0.25, 0.3) is 0 Å². The van der Waals surface area contributed by atoms with Crippen molar-refractivity contribution in [2.45, 2.75) is 322 Å². The Labute approximate surface area is 404 Å². The summed E-state index contributed by atoms with van der Waals surface area (Å²) in [5, 5.41) is 0. The van der Waals surface area contributed by atoms with E-state index in [2.05, 4.69) is 45.1 Å². The molecule has 0 fully saturated rings. The van der Waals surface area contributed by atoms with E-state index in [-0.39, 0.29) is 31.1 Å². The number of rotatable bonds is 53. The van der Waals surface area contributed by atoms with Crippen molar-refractivity contribution in [1.29, 1.82) is 0 Å². The van der Waals surface area contributed by atoms with Gasteiger partial charge in [-0.3, -0.25) is 14.4 Å². The molecule has 382 valence electrons. The van der Waals surface area contributed by atoms with Crippen molar-refractivity contribution in [3.05, 3.63) is 24.3 Å². The summed E-state index contributed by atoms with van der Waals surface area (Å²) < 4.78 is 16.9. The molecule has 6 heteroatoms. The lowest BCUT2D eigenvalue weighted by atomic mass is 10.0. The van der Waals surface area contributed by atoms with E-state index in [1.807, 2.05) is 0 Å². The zero-order valence-electron chi connectivity index (χ0n) is 43.8. The predicted octanol–water partition coefficient (Wildman–Crippen LogP) is 19.1. The molecule has 0 amide bonds. The normalized spacial score (nSPS) is 12.1. The number of carbonyl (C=O) groups excluding carboxylic acids is 3. The SMILES string of the molecule is CCCCCCC/C=C\C/C=C\CCCCCCCCCCCC(=O)OCC(COC(=O)CCCCCCCCCCCCCCC)OC(=O)CCCCCCCCCCCCCCC. The van der Waals surface area contributed by atoms with Crippen LogP contribution in [0.15, 0.2) is 24.3 Å². The van der Waals surface area contributed by atoms with Crippen LogP contribution in [-0.2, 0) is 28.6 Å². The van der Waals surface area contributed by atoms with Crippen LogP contribution < -0.4 is 0 Å². The van der Waals surface area contributed by atoms with Gasteiger partial charge in [0.2, 0.25) is 0 Å². The van der Waals surface area contributed by atoms with E-state index in [9.17, 15) is 14.4 Å². The average Bonchev–Trinajstić information content (AvgIpc) is 3.30. The van der Waals surface area contributed by atoms with Crippen molar-refractivity contribution < 1.29 is 28.6 Å². The van der Waals surface area contributed by atoms with Crippen LogP contribution in [0.1, 0.15) is 316 Å². The van der Waals surface area contributed by atoms with Crippen LogP contribution in [0.2, 0.25) is 0 Å². The standard InChI is InChI=1S/C59H110O6/c1-4-7-10-13-16-19-22-25-26-27-28-29-30-31-32-35-37-40-43-46-49-52-58(61)64-55-56(65-59(62)53-50-47-44-41-38-34-24-21-18-15-12-9-6-3)54-63-57(60)51-48-45-42-39-36-33-23-20-17-14-11-8-5-2/h22,25,27-28,56H,4-21,23-24,26,29-55H2,1-3H3/b25-22-,28-27-. The number of hydrogen-bond donors (Lipinski definition) is 0. The highest BCUT2D eigenvalue weighted by Crippen LogP contribution is 2.17. The molecule has 0 aliphatic carbocycles. The molecule has 0 aromatic carbocycles. The largest absolute Gasteiger partial charge is 0.462 e. The van der Waals surface area contributed by atoms with E-state index >= 15 is 0 Å². The number of carbonyl (C=O) groups is 3. The maximum atomic E-state index is 12.8. The van der Waals surface area contributed by atoms with Gasteiger partial charge < -0.3 is 14.2 Å². The van der Waals surface area contributed by atoms with Gasteiger partial charge >= 0.3 is 17.9 Å². The van der Waals surface area contributed by atoms with Gasteiger partial charge in [-0.15, -0.1) is 0 Å². The highest BCUT2D eigenvalue weighted by Gasteiger charge is 2.19. The molecule has 0 N–H and O–H groups in total. The molecule has 65 heavy (non-hydrogen) atoms. The minimum Gasteiger partial charge on any atom is -0.462 e. The van der Waals surface area contributed by atoms with E-state index < -0.39 is 6.10 Å². The molecule has 0 aromatic rings. The molecule has 0 aromatic heterocycles. The molecule has 0 aliphatic rings. The third kappa shape index (κ3) is 52.7. The first-order valence-corrected chi connectivity index (χ1v) is 28.8. The lowest BCUT2D eigenvalue weighted by Gasteiger charge is -2.18. The first-order chi connectivity index (χ1) is 32.0. The Kier molecular flexibility index (Phi) is 52.7. The molecule has 0 bridgehead atoms. The van der Waals surface area contributed by atoms with Crippen LogP contribution in [0, 0.1) is 0 Å². The maximum Gasteiger partial charge on any atom is 0.306 e. The van der Waals surface area contributed by atoms with Gasteiger partial charge in [0, 0.05) is 19.3 Å². The van der Waals surface area contributed by atoms with Crippen LogP contribution in [0.4, 0.5) is 0 Å². The lowest BCUT2D eigenvalue weighted by molar-refractivity contribution is -0.167. The maximum absolute atomic E-state index is 12.8. The Morgan fingerprint density at radius 3 is 0.846 bits per heavy atom. The Balaban J connectivity index is 4.28. The van der Waals surface area contributed by atoms with Gasteiger partial charge in [-0.2, -0.15) is 0 Å². The third-order valence-electron chi connectivity index (χ3n) is 13.0. The fourth-order valence-electron chi connectivity index (χ4n) is 8.59. The molecule has 1 unspecified atom stereocenters. The molecule has 0 spiro atoms. The van der Waals surface area contributed by atoms with Crippen molar-refractivity contribution in [2.75, 3.05) is 13.2 Å². The highest BCUT2D eigenvalue weighted by atomic mass is 16.6. The van der Waals surface area contributed by atoms with E-state index in [0.717, 1.165) is 64.2 Å². The fourth-order valence-corrected chi connectivity index (χ4v) is 8.59. The van der Waals surface area contributed by atoms with Gasteiger partial charge in [-0.05, 0) is 51.4 Å². The van der Waals surface area contributed by atoms with Gasteiger partial charge in [0.1, 0.15) is 13.2 Å². The zero-order chi connectivity index (χ0) is 47.2. The van der Waals surface area contributed by atoms with Crippen LogP contribution in [0.3, 0.4) is 0 Å². The molecule has 0 rings (SSSR count). The predicted molar refractivity (Wildman–Crippen MR) is 279 cm³/mol. The monoisotopic (exact) mass is 915 g/mol. The van der Waals surface area contributed by atoms with Crippen LogP contribution in [0.5, 0.6) is 0 Å². The summed E-state index contributed by atoms with van der Waals surface area (Å²) in [6, 6.07) is 0. The second-order valence-electron chi connectivity index (χ2n) is 19.6. The summed E-state index contributed by atoms with van der Waals surface area (Å²) in [5.41, 5.74) is 0. The van der Waals surface area contributed by atoms with Crippen molar-refractivity contribution in [3.8, 4) is 0 Å². The first kappa shape index (κ1) is 62.9. The lowest BCUT2D eigenvalue weighted by Crippen LogP contribution is -2.30. The smallest absolute Gasteiger partial charge is 0.306 e. The second kappa shape index (κ2) is 54.5. The second-order valence-corrected chi connectivity index (χ2v) is 19.6. The van der Waals surface area contributed by atoms with E-state index in [1.165, 1.54) is 212 Å². The zero-order valence-corrected chi connectivity index (χ0v) is 43.8. The van der Waals surface area contributed by atoms with E-state index in [4.69, 9.17) is 14.2 Å². The number of hydrogen-bond acceptors (Lipinski definition) is 6. The molecule has 6 nitrogen and oxygen atoms in total. The molecular formula is C59H110O6. The summed E-state index contributed by atoms with van der Waals surface area (Å²) in [6.07, 6.45) is 63.1.